The molecule has 1 amide bonds. The molecule has 4 heteroatoms. The molecule has 0 fully saturated rings. The summed E-state index contributed by atoms with van der Waals surface area (Å²) in [5.41, 5.74) is 2.36. The highest BCUT2D eigenvalue weighted by Gasteiger charge is 2.23. The summed E-state index contributed by atoms with van der Waals surface area (Å²) in [5.74, 6) is 0.199. The first kappa shape index (κ1) is 13.1. The van der Waals surface area contributed by atoms with Gasteiger partial charge in [-0.3, -0.25) is 4.79 Å². The van der Waals surface area contributed by atoms with Gasteiger partial charge in [0.2, 0.25) is 5.91 Å². The summed E-state index contributed by atoms with van der Waals surface area (Å²) < 4.78 is 4.94. The number of carbonyl (C=O) groups excluding carboxylic acids is 1. The van der Waals surface area contributed by atoms with E-state index in [1.54, 1.807) is 7.11 Å². The van der Waals surface area contributed by atoms with E-state index in [0.29, 0.717) is 19.6 Å². The van der Waals surface area contributed by atoms with Gasteiger partial charge in [-0.15, -0.1) is 0 Å². The molecule has 1 aromatic rings. The van der Waals surface area contributed by atoms with Crippen LogP contribution in [0.2, 0.25) is 0 Å². The lowest BCUT2D eigenvalue weighted by atomic mass is 10.2. The number of carbonyl (C=O) groups is 1. The van der Waals surface area contributed by atoms with Gasteiger partial charge in [-0.25, -0.2) is 0 Å². The van der Waals surface area contributed by atoms with Crippen molar-refractivity contribution in [1.29, 1.82) is 0 Å². The van der Waals surface area contributed by atoms with Gasteiger partial charge in [0.1, 0.15) is 0 Å². The van der Waals surface area contributed by atoms with Crippen molar-refractivity contribution < 1.29 is 9.53 Å². The van der Waals surface area contributed by atoms with Gasteiger partial charge < -0.3 is 15.0 Å². The fraction of sp³-hybridized carbons (Fsp3) is 0.500. The predicted octanol–water partition coefficient (Wildman–Crippen LogP) is 1.20. The number of methoxy groups -OCH3 is 1. The molecule has 2 rings (SSSR count). The second-order valence-corrected chi connectivity index (χ2v) is 4.42. The number of benzene rings is 1. The molecule has 0 spiro atoms. The van der Waals surface area contributed by atoms with Crippen LogP contribution >= 0.6 is 0 Å². The topological polar surface area (TPSA) is 41.6 Å². The maximum atomic E-state index is 12.1. The lowest BCUT2D eigenvalue weighted by Gasteiger charge is -2.17. The number of rotatable bonds is 6. The zero-order chi connectivity index (χ0) is 12.8. The van der Waals surface area contributed by atoms with Crippen LogP contribution in [0.5, 0.6) is 0 Å². The Kier molecular flexibility index (Phi) is 4.73. The molecular formula is C14H20N2O2. The number of nitrogens with one attached hydrogen (secondary N) is 1. The smallest absolute Gasteiger partial charge is 0.228 e. The highest BCUT2D eigenvalue weighted by atomic mass is 16.5. The monoisotopic (exact) mass is 248 g/mol. The Hall–Kier alpha value is -1.39. The molecule has 0 aliphatic carbocycles. The van der Waals surface area contributed by atoms with Crippen LogP contribution < -0.4 is 10.2 Å². The average Bonchev–Trinajstić information content (AvgIpc) is 2.82. The Balaban J connectivity index is 1.80. The summed E-state index contributed by atoms with van der Waals surface area (Å²) in [5, 5.41) is 3.19. The van der Waals surface area contributed by atoms with Gasteiger partial charge in [-0.2, -0.15) is 0 Å². The summed E-state index contributed by atoms with van der Waals surface area (Å²) >= 11 is 0. The highest BCUT2D eigenvalue weighted by molar-refractivity contribution is 5.95. The van der Waals surface area contributed by atoms with E-state index in [-0.39, 0.29) is 5.91 Å². The van der Waals surface area contributed by atoms with Crippen LogP contribution in [0.1, 0.15) is 12.0 Å². The number of nitrogens with zero attached hydrogens (tertiary/aromatic N) is 1. The molecule has 1 heterocycles. The standard InChI is InChI=1S/C14H20N2O2/c1-18-11-9-15-8-6-14(17)16-10-7-12-4-2-3-5-13(12)16/h2-5,15H,6-11H2,1H3. The fourth-order valence-corrected chi connectivity index (χ4v) is 2.23. The summed E-state index contributed by atoms with van der Waals surface area (Å²) in [4.78, 5) is 14.0. The Morgan fingerprint density at radius 3 is 3.06 bits per heavy atom. The minimum atomic E-state index is 0.199. The first-order chi connectivity index (χ1) is 8.83. The summed E-state index contributed by atoms with van der Waals surface area (Å²) in [6, 6.07) is 8.14. The lowest BCUT2D eigenvalue weighted by molar-refractivity contribution is -0.118. The number of hydrogen-bond donors (Lipinski definition) is 1. The van der Waals surface area contributed by atoms with Crippen LogP contribution in [0.15, 0.2) is 24.3 Å². The van der Waals surface area contributed by atoms with Crippen LogP contribution in [0.3, 0.4) is 0 Å². The number of para-hydroxylation sites is 1. The third-order valence-corrected chi connectivity index (χ3v) is 3.19. The summed E-state index contributed by atoms with van der Waals surface area (Å²) in [6.07, 6.45) is 1.51. The Morgan fingerprint density at radius 2 is 2.22 bits per heavy atom. The van der Waals surface area contributed by atoms with Crippen molar-refractivity contribution in [2.24, 2.45) is 0 Å². The van der Waals surface area contributed by atoms with Crippen molar-refractivity contribution in [3.63, 3.8) is 0 Å². The molecule has 0 radical (unpaired) electrons. The SMILES string of the molecule is COCCNCCC(=O)N1CCc2ccccc21. The molecule has 0 saturated carbocycles. The van der Waals surface area contributed by atoms with Gasteiger partial charge in [0.15, 0.2) is 0 Å². The van der Waals surface area contributed by atoms with Gasteiger partial charge >= 0.3 is 0 Å². The molecule has 18 heavy (non-hydrogen) atoms. The van der Waals surface area contributed by atoms with Crippen molar-refractivity contribution in [2.45, 2.75) is 12.8 Å². The van der Waals surface area contributed by atoms with Crippen molar-refractivity contribution in [1.82, 2.24) is 5.32 Å². The normalized spacial score (nSPS) is 13.7. The maximum Gasteiger partial charge on any atom is 0.228 e. The van der Waals surface area contributed by atoms with Crippen molar-refractivity contribution in [3.05, 3.63) is 29.8 Å². The molecule has 1 aliphatic rings. The molecule has 98 valence electrons. The van der Waals surface area contributed by atoms with Crippen molar-refractivity contribution in [3.8, 4) is 0 Å². The Labute approximate surface area is 108 Å². The molecular weight excluding hydrogens is 228 g/mol. The second-order valence-electron chi connectivity index (χ2n) is 4.42. The minimum Gasteiger partial charge on any atom is -0.383 e. The molecule has 1 N–H and O–H groups in total. The number of amides is 1. The third-order valence-electron chi connectivity index (χ3n) is 3.19. The van der Waals surface area contributed by atoms with E-state index in [1.807, 2.05) is 23.1 Å². The van der Waals surface area contributed by atoms with Gasteiger partial charge in [0.05, 0.1) is 6.61 Å². The van der Waals surface area contributed by atoms with Crippen LogP contribution in [0, 0.1) is 0 Å². The van der Waals surface area contributed by atoms with Crippen molar-refractivity contribution >= 4 is 11.6 Å². The molecule has 0 bridgehead atoms. The van der Waals surface area contributed by atoms with Gasteiger partial charge in [0, 0.05) is 38.9 Å². The van der Waals surface area contributed by atoms with E-state index < -0.39 is 0 Å². The molecule has 0 aromatic heterocycles. The molecule has 0 atom stereocenters. The van der Waals surface area contributed by atoms with E-state index in [2.05, 4.69) is 11.4 Å². The summed E-state index contributed by atoms with van der Waals surface area (Å²) in [7, 11) is 1.67. The van der Waals surface area contributed by atoms with Crippen LogP contribution in [-0.4, -0.2) is 39.3 Å². The Bertz CT molecular complexity index is 407. The molecule has 4 nitrogen and oxygen atoms in total. The van der Waals surface area contributed by atoms with E-state index >= 15 is 0 Å². The van der Waals surface area contributed by atoms with E-state index in [4.69, 9.17) is 4.74 Å². The highest BCUT2D eigenvalue weighted by Crippen LogP contribution is 2.27. The number of anilines is 1. The predicted molar refractivity (Wildman–Crippen MR) is 71.9 cm³/mol. The average molecular weight is 248 g/mol. The maximum absolute atomic E-state index is 12.1. The molecule has 1 aliphatic heterocycles. The van der Waals surface area contributed by atoms with Crippen LogP contribution in [0.4, 0.5) is 5.69 Å². The lowest BCUT2D eigenvalue weighted by Crippen LogP contribution is -2.32. The Morgan fingerprint density at radius 1 is 1.39 bits per heavy atom. The number of fused-ring (bicyclic) bond motifs is 1. The van der Waals surface area contributed by atoms with E-state index in [9.17, 15) is 4.79 Å². The molecule has 0 unspecified atom stereocenters. The summed E-state index contributed by atoms with van der Waals surface area (Å²) in [6.45, 7) is 3.00. The number of hydrogen-bond acceptors (Lipinski definition) is 3. The molecule has 0 saturated heterocycles. The first-order valence-electron chi connectivity index (χ1n) is 6.41. The van der Waals surface area contributed by atoms with Gasteiger partial charge in [0.25, 0.3) is 0 Å². The third kappa shape index (κ3) is 3.09. The largest absolute Gasteiger partial charge is 0.383 e. The van der Waals surface area contributed by atoms with E-state index in [0.717, 1.165) is 25.2 Å². The second kappa shape index (κ2) is 6.52. The van der Waals surface area contributed by atoms with Crippen molar-refractivity contribution in [2.75, 3.05) is 38.3 Å². The zero-order valence-corrected chi connectivity index (χ0v) is 10.8. The first-order valence-corrected chi connectivity index (χ1v) is 6.41. The quantitative estimate of drug-likeness (QED) is 0.769. The van der Waals surface area contributed by atoms with Crippen LogP contribution in [-0.2, 0) is 16.0 Å². The zero-order valence-electron chi connectivity index (χ0n) is 10.8. The molecule has 1 aromatic carbocycles. The van der Waals surface area contributed by atoms with Gasteiger partial charge in [-0.05, 0) is 18.1 Å². The van der Waals surface area contributed by atoms with Crippen LogP contribution in [0.25, 0.3) is 0 Å². The minimum absolute atomic E-state index is 0.199. The van der Waals surface area contributed by atoms with Gasteiger partial charge in [-0.1, -0.05) is 18.2 Å². The number of ether oxygens (including phenoxy) is 1. The van der Waals surface area contributed by atoms with E-state index in [1.165, 1.54) is 5.56 Å². The fourth-order valence-electron chi connectivity index (χ4n) is 2.23.